The van der Waals surface area contributed by atoms with Gasteiger partial charge in [0, 0.05) is 12.2 Å². The highest BCUT2D eigenvalue weighted by Gasteiger charge is 2.29. The average molecular weight is 378 g/mol. The van der Waals surface area contributed by atoms with Gasteiger partial charge in [-0.1, -0.05) is 29.5 Å². The molecule has 0 radical (unpaired) electrons. The third-order valence-corrected chi connectivity index (χ3v) is 4.73. The Morgan fingerprint density at radius 2 is 2.11 bits per heavy atom. The summed E-state index contributed by atoms with van der Waals surface area (Å²) in [6.07, 6.45) is 1.64. The summed E-state index contributed by atoms with van der Waals surface area (Å²) in [6, 6.07) is 15.7. The van der Waals surface area contributed by atoms with E-state index in [0.29, 0.717) is 18.7 Å². The van der Waals surface area contributed by atoms with Gasteiger partial charge in [0.1, 0.15) is 5.69 Å². The molecule has 28 heavy (non-hydrogen) atoms. The predicted octanol–water partition coefficient (Wildman–Crippen LogP) is 2.96. The van der Waals surface area contributed by atoms with Crippen molar-refractivity contribution in [2.24, 2.45) is 0 Å². The number of nitrogens with zero attached hydrogens (tertiary/aromatic N) is 4. The van der Waals surface area contributed by atoms with Crippen molar-refractivity contribution in [3.63, 3.8) is 0 Å². The first-order chi connectivity index (χ1) is 13.6. The zero-order valence-electron chi connectivity index (χ0n) is 15.9. The first-order valence-electron chi connectivity index (χ1n) is 9.16. The van der Waals surface area contributed by atoms with Gasteiger partial charge in [-0.15, -0.1) is 5.10 Å². The number of hydrogen-bond acceptors (Lipinski definition) is 6. The molecule has 1 aromatic heterocycles. The van der Waals surface area contributed by atoms with Crippen LogP contribution < -0.4 is 4.90 Å². The lowest BCUT2D eigenvalue weighted by Gasteiger charge is -2.23. The van der Waals surface area contributed by atoms with Crippen LogP contribution in [0.1, 0.15) is 33.4 Å². The molecule has 3 aromatic rings. The van der Waals surface area contributed by atoms with E-state index in [4.69, 9.17) is 9.47 Å². The Balaban J connectivity index is 1.52. The normalized spacial score (nSPS) is 16.4. The summed E-state index contributed by atoms with van der Waals surface area (Å²) in [7, 11) is 1.38. The van der Waals surface area contributed by atoms with Gasteiger partial charge < -0.3 is 14.4 Å². The number of aryl methyl sites for hydroxylation is 1. The fraction of sp³-hybridized carbons (Fsp3) is 0.286. The third-order valence-electron chi connectivity index (χ3n) is 4.73. The van der Waals surface area contributed by atoms with E-state index in [0.717, 1.165) is 23.5 Å². The van der Waals surface area contributed by atoms with Crippen LogP contribution >= 0.6 is 0 Å². The molecular weight excluding hydrogens is 356 g/mol. The molecular formula is C21H22N4O3. The number of anilines is 1. The number of esters is 1. The van der Waals surface area contributed by atoms with Crippen LogP contribution in [0.15, 0.2) is 54.7 Å². The van der Waals surface area contributed by atoms with E-state index in [1.54, 1.807) is 16.8 Å². The maximum absolute atomic E-state index is 11.7. The topological polar surface area (TPSA) is 69.5 Å². The quantitative estimate of drug-likeness (QED) is 0.636. The minimum Gasteiger partial charge on any atom is -0.465 e. The molecule has 0 aliphatic carbocycles. The summed E-state index contributed by atoms with van der Waals surface area (Å²) in [5, 5.41) is 8.56. The molecule has 7 nitrogen and oxygen atoms in total. The molecule has 1 saturated heterocycles. The fourth-order valence-electron chi connectivity index (χ4n) is 3.39. The van der Waals surface area contributed by atoms with Crippen LogP contribution in [-0.4, -0.2) is 41.2 Å². The van der Waals surface area contributed by atoms with E-state index in [9.17, 15) is 4.79 Å². The van der Waals surface area contributed by atoms with Gasteiger partial charge in [-0.3, -0.25) is 0 Å². The summed E-state index contributed by atoms with van der Waals surface area (Å²) < 4.78 is 12.5. The van der Waals surface area contributed by atoms with Crippen molar-refractivity contribution in [1.82, 2.24) is 15.0 Å². The van der Waals surface area contributed by atoms with Crippen LogP contribution in [0.5, 0.6) is 0 Å². The second kappa shape index (κ2) is 7.82. The largest absolute Gasteiger partial charge is 0.465 e. The van der Waals surface area contributed by atoms with E-state index >= 15 is 0 Å². The fourth-order valence-corrected chi connectivity index (χ4v) is 3.39. The van der Waals surface area contributed by atoms with Gasteiger partial charge in [0.2, 0.25) is 0 Å². The maximum atomic E-state index is 11.7. The molecule has 0 N–H and O–H groups in total. The number of carbonyl (C=O) groups excluding carboxylic acids is 1. The van der Waals surface area contributed by atoms with Gasteiger partial charge in [0.25, 0.3) is 0 Å². The molecule has 4 rings (SSSR count). The number of aromatic nitrogens is 3. The molecule has 7 heteroatoms. The third kappa shape index (κ3) is 3.75. The molecule has 0 saturated carbocycles. The van der Waals surface area contributed by atoms with Crippen molar-refractivity contribution >= 4 is 11.7 Å². The van der Waals surface area contributed by atoms with E-state index in [1.165, 1.54) is 12.7 Å². The summed E-state index contributed by atoms with van der Waals surface area (Å²) in [6.45, 7) is 4.04. The van der Waals surface area contributed by atoms with Crippen LogP contribution in [-0.2, 0) is 16.0 Å². The lowest BCUT2D eigenvalue weighted by molar-refractivity contribution is 0.0600. The monoisotopic (exact) mass is 378 g/mol. The molecule has 2 heterocycles. The minimum absolute atomic E-state index is 0.253. The average Bonchev–Trinajstić information content (AvgIpc) is 3.37. The number of carbonyl (C=O) groups is 1. The van der Waals surface area contributed by atoms with Crippen molar-refractivity contribution in [3.8, 4) is 0 Å². The zero-order valence-corrected chi connectivity index (χ0v) is 15.9. The van der Waals surface area contributed by atoms with Gasteiger partial charge >= 0.3 is 5.97 Å². The molecule has 1 atom stereocenters. The number of rotatable bonds is 5. The first kappa shape index (κ1) is 18.2. The number of methoxy groups -OCH3 is 1. The summed E-state index contributed by atoms with van der Waals surface area (Å²) in [5.41, 5.74) is 4.55. The summed E-state index contributed by atoms with van der Waals surface area (Å²) >= 11 is 0. The van der Waals surface area contributed by atoms with Crippen LogP contribution in [0.3, 0.4) is 0 Å². The molecule has 0 bridgehead atoms. The maximum Gasteiger partial charge on any atom is 0.337 e. The van der Waals surface area contributed by atoms with Gasteiger partial charge in [0.05, 0.1) is 32.0 Å². The van der Waals surface area contributed by atoms with Crippen LogP contribution in [0.2, 0.25) is 0 Å². The Hall–Kier alpha value is -3.19. The number of hydrogen-bond donors (Lipinski definition) is 0. The Morgan fingerprint density at radius 3 is 2.93 bits per heavy atom. The highest BCUT2D eigenvalue weighted by atomic mass is 16.5. The molecule has 0 amide bonds. The molecule has 144 valence electrons. The smallest absolute Gasteiger partial charge is 0.337 e. The van der Waals surface area contributed by atoms with E-state index in [-0.39, 0.29) is 12.2 Å². The van der Waals surface area contributed by atoms with Crippen LogP contribution in [0, 0.1) is 6.92 Å². The van der Waals surface area contributed by atoms with E-state index in [1.807, 2.05) is 24.4 Å². The second-order valence-corrected chi connectivity index (χ2v) is 6.79. The van der Waals surface area contributed by atoms with Crippen molar-refractivity contribution in [2.45, 2.75) is 19.7 Å². The van der Waals surface area contributed by atoms with E-state index in [2.05, 4.69) is 40.3 Å². The minimum atomic E-state index is -0.353. The van der Waals surface area contributed by atoms with Gasteiger partial charge in [-0.25, -0.2) is 9.48 Å². The molecule has 1 aliphatic heterocycles. The van der Waals surface area contributed by atoms with Crippen LogP contribution in [0.25, 0.3) is 0 Å². The lowest BCUT2D eigenvalue weighted by atomic mass is 10.1. The Morgan fingerprint density at radius 1 is 1.25 bits per heavy atom. The van der Waals surface area contributed by atoms with Gasteiger partial charge in [0.15, 0.2) is 6.23 Å². The van der Waals surface area contributed by atoms with Crippen molar-refractivity contribution in [2.75, 3.05) is 25.2 Å². The zero-order chi connectivity index (χ0) is 19.5. The SMILES string of the molecule is COC(=O)c1cccc(Cn2cc([C@H]3OCCN3c3cccc(C)c3)nn2)c1. The standard InChI is InChI=1S/C21H22N4O3/c1-15-5-3-8-18(11-15)25-9-10-28-20(25)19-14-24(23-22-19)13-16-6-4-7-17(12-16)21(26)27-2/h3-8,11-12,14,20H,9-10,13H2,1-2H3/t20-/m1/s1. The molecule has 0 unspecified atom stereocenters. The second-order valence-electron chi connectivity index (χ2n) is 6.79. The molecule has 1 fully saturated rings. The summed E-state index contributed by atoms with van der Waals surface area (Å²) in [5.74, 6) is -0.353. The molecule has 2 aromatic carbocycles. The van der Waals surface area contributed by atoms with Crippen molar-refractivity contribution in [1.29, 1.82) is 0 Å². The summed E-state index contributed by atoms with van der Waals surface area (Å²) in [4.78, 5) is 13.9. The van der Waals surface area contributed by atoms with E-state index < -0.39 is 0 Å². The Bertz CT molecular complexity index is 985. The predicted molar refractivity (Wildman–Crippen MR) is 104 cm³/mol. The number of ether oxygens (including phenoxy) is 2. The Kier molecular flexibility index (Phi) is 5.08. The molecule has 0 spiro atoms. The van der Waals surface area contributed by atoms with Gasteiger partial charge in [-0.2, -0.15) is 0 Å². The highest BCUT2D eigenvalue weighted by Crippen LogP contribution is 2.31. The van der Waals surface area contributed by atoms with Crippen LogP contribution in [0.4, 0.5) is 5.69 Å². The van der Waals surface area contributed by atoms with Gasteiger partial charge in [-0.05, 0) is 42.3 Å². The molecule has 1 aliphatic rings. The number of benzene rings is 2. The Labute approximate surface area is 163 Å². The van der Waals surface area contributed by atoms with Crippen molar-refractivity contribution in [3.05, 3.63) is 77.1 Å². The highest BCUT2D eigenvalue weighted by molar-refractivity contribution is 5.89. The van der Waals surface area contributed by atoms with Crippen molar-refractivity contribution < 1.29 is 14.3 Å². The first-order valence-corrected chi connectivity index (χ1v) is 9.16. The lowest BCUT2D eigenvalue weighted by Crippen LogP contribution is -2.23.